The van der Waals surface area contributed by atoms with Crippen LogP contribution in [0, 0.1) is 0 Å². The smallest absolute Gasteiger partial charge is 0.485 e. The van der Waals surface area contributed by atoms with Gasteiger partial charge in [-0.2, -0.15) is 26.3 Å². The maximum atomic E-state index is 10.7. The molecule has 18 heteroatoms. The maximum Gasteiger partial charge on any atom is 0.485 e. The fourth-order valence-electron chi connectivity index (χ4n) is 2.01. The van der Waals surface area contributed by atoms with Crippen LogP contribution in [0.1, 0.15) is 24.0 Å². The predicted octanol–water partition coefficient (Wildman–Crippen LogP) is 0.960. The van der Waals surface area contributed by atoms with Gasteiger partial charge in [0, 0.05) is 5.75 Å². The minimum absolute atomic E-state index is 0.861. The van der Waals surface area contributed by atoms with Crippen LogP contribution >= 0.6 is 11.8 Å². The van der Waals surface area contributed by atoms with E-state index in [1.807, 2.05) is 17.8 Å². The number of rotatable bonds is 0. The molecule has 190 valence electrons. The SMILES string of the molecule is C[S+]=C1SCCCCc2ccccc2/C1=[NH+]/O.O=S(=O)([O-])C(F)(F)F.O=S(=O)([O-])C(F)(F)F. The standard InChI is InChI=1S/C13H15NOS2.2CHF3O3S/c1-16-13-12(14-15)11-8-3-2-6-10(11)7-4-5-9-17-13;2*2-1(3,4)8(5,6)7/h2-3,6,8H,4-5,7,9H2,1H3;2*(H,5,6,7)/b14-12-;;. The van der Waals surface area contributed by atoms with Gasteiger partial charge in [0.05, 0.1) is 5.56 Å². The largest absolute Gasteiger partial charge is 0.741 e. The van der Waals surface area contributed by atoms with Crippen molar-refractivity contribution in [2.24, 2.45) is 0 Å². The van der Waals surface area contributed by atoms with Gasteiger partial charge < -0.3 is 9.11 Å². The van der Waals surface area contributed by atoms with Crippen LogP contribution in [0.25, 0.3) is 0 Å². The highest BCUT2D eigenvalue weighted by Gasteiger charge is 2.37. The van der Waals surface area contributed by atoms with Crippen LogP contribution in [0.2, 0.25) is 0 Å². The first-order valence-corrected chi connectivity index (χ1v) is 13.3. The molecule has 1 heterocycles. The normalized spacial score (nSPS) is 18.0. The summed E-state index contributed by atoms with van der Waals surface area (Å²) in [7, 11) is -12.2. The van der Waals surface area contributed by atoms with Crippen LogP contribution in [-0.2, 0) is 38.0 Å². The molecule has 2 N–H and O–H groups in total. The highest BCUT2D eigenvalue weighted by atomic mass is 32.2. The molecule has 0 bridgehead atoms. The van der Waals surface area contributed by atoms with Gasteiger partial charge in [0.25, 0.3) is 0 Å². The first-order valence-electron chi connectivity index (χ1n) is 8.30. The molecule has 33 heavy (non-hydrogen) atoms. The van der Waals surface area contributed by atoms with Gasteiger partial charge in [-0.3, -0.25) is 5.21 Å². The number of hydrogen-bond donors (Lipinski definition) is 2. The van der Waals surface area contributed by atoms with Crippen molar-refractivity contribution in [1.29, 1.82) is 0 Å². The third-order valence-corrected chi connectivity index (χ3v) is 6.95. The summed E-state index contributed by atoms with van der Waals surface area (Å²) >= 11 is 3.52. The molecule has 0 atom stereocenters. The lowest BCUT2D eigenvalue weighted by molar-refractivity contribution is -0.735. The number of nitrogens with one attached hydrogen (secondary N) is 1. The molecule has 0 aliphatic carbocycles. The Morgan fingerprint density at radius 2 is 1.42 bits per heavy atom. The summed E-state index contributed by atoms with van der Waals surface area (Å²) in [6.07, 6.45) is 5.58. The molecule has 8 nitrogen and oxygen atoms in total. The van der Waals surface area contributed by atoms with E-state index in [4.69, 9.17) is 25.9 Å². The molecule has 0 fully saturated rings. The predicted molar refractivity (Wildman–Crippen MR) is 108 cm³/mol. The fourth-order valence-corrected chi connectivity index (χ4v) is 3.93. The van der Waals surface area contributed by atoms with Crippen molar-refractivity contribution < 1.29 is 62.6 Å². The molecule has 0 aromatic heterocycles. The van der Waals surface area contributed by atoms with E-state index >= 15 is 0 Å². The van der Waals surface area contributed by atoms with Crippen LogP contribution < -0.4 is 5.16 Å². The van der Waals surface area contributed by atoms with Gasteiger partial charge >= 0.3 is 20.9 Å². The highest BCUT2D eigenvalue weighted by Crippen LogP contribution is 2.21. The molecule has 0 unspecified atom stereocenters. The van der Waals surface area contributed by atoms with Crippen molar-refractivity contribution in [1.82, 2.24) is 0 Å². The number of aryl methyl sites for hydroxylation is 1. The van der Waals surface area contributed by atoms with Crippen LogP contribution in [-0.4, -0.2) is 64.1 Å². The topological polar surface area (TPSA) is 149 Å². The van der Waals surface area contributed by atoms with E-state index in [2.05, 4.69) is 29.6 Å². The molecular formula is C15H17F6NO7S4. The quantitative estimate of drug-likeness (QED) is 0.0899. The minimum atomic E-state index is -6.09. The molecule has 1 aliphatic heterocycles. The van der Waals surface area contributed by atoms with Gasteiger partial charge in [-0.25, -0.2) is 16.8 Å². The number of fused-ring (bicyclic) bond motifs is 1. The zero-order valence-corrected chi connectivity index (χ0v) is 19.7. The van der Waals surface area contributed by atoms with Gasteiger partial charge in [-0.15, -0.1) is 0 Å². The average molecular weight is 566 g/mol. The van der Waals surface area contributed by atoms with Crippen molar-refractivity contribution in [2.75, 3.05) is 12.0 Å². The van der Waals surface area contributed by atoms with Crippen molar-refractivity contribution in [3.63, 3.8) is 0 Å². The van der Waals surface area contributed by atoms with E-state index < -0.39 is 31.3 Å². The Labute approximate surface area is 193 Å². The minimum Gasteiger partial charge on any atom is -0.741 e. The Morgan fingerprint density at radius 3 is 1.82 bits per heavy atom. The Hall–Kier alpha value is -1.47. The van der Waals surface area contributed by atoms with E-state index in [1.54, 1.807) is 11.4 Å². The van der Waals surface area contributed by atoms with Gasteiger partial charge in [0.15, 0.2) is 37.8 Å². The fraction of sp³-hybridized carbons (Fsp3) is 0.467. The molecule has 2 rings (SSSR count). The average Bonchev–Trinajstić information content (AvgIpc) is 2.73. The van der Waals surface area contributed by atoms with Crippen molar-refractivity contribution >= 4 is 53.3 Å². The Kier molecular flexibility index (Phi) is 12.3. The second-order valence-corrected chi connectivity index (χ2v) is 10.7. The van der Waals surface area contributed by atoms with E-state index in [1.165, 1.54) is 22.6 Å². The summed E-state index contributed by atoms with van der Waals surface area (Å²) in [5.74, 6) is 1.12. The van der Waals surface area contributed by atoms with Crippen LogP contribution in [0.5, 0.6) is 0 Å². The lowest BCUT2D eigenvalue weighted by atomic mass is 9.99. The summed E-state index contributed by atoms with van der Waals surface area (Å²) in [5, 5.41) is 11.8. The molecule has 0 saturated carbocycles. The summed E-state index contributed by atoms with van der Waals surface area (Å²) in [5.41, 5.74) is -7.98. The number of hydrogen-bond acceptors (Lipinski definition) is 8. The van der Waals surface area contributed by atoms with Gasteiger partial charge in [0.2, 0.25) is 0 Å². The summed E-state index contributed by atoms with van der Waals surface area (Å²) in [6.45, 7) is 0. The van der Waals surface area contributed by atoms with Crippen LogP contribution in [0.3, 0.4) is 0 Å². The molecule has 1 aliphatic rings. The molecule has 0 spiro atoms. The first kappa shape index (κ1) is 31.5. The molecular weight excluding hydrogens is 548 g/mol. The van der Waals surface area contributed by atoms with Gasteiger partial charge in [-0.1, -0.05) is 30.0 Å². The lowest BCUT2D eigenvalue weighted by Crippen LogP contribution is -2.71. The third-order valence-electron chi connectivity index (χ3n) is 3.43. The monoisotopic (exact) mass is 565 g/mol. The zero-order valence-electron chi connectivity index (χ0n) is 16.4. The molecule has 0 radical (unpaired) electrons. The van der Waals surface area contributed by atoms with Crippen molar-refractivity contribution in [2.45, 2.75) is 30.3 Å². The number of thioether (sulfide) groups is 1. The summed E-state index contributed by atoms with van der Waals surface area (Å²) in [4.78, 5) is 0. The Balaban J connectivity index is 0.000000539. The second kappa shape index (κ2) is 12.8. The Bertz CT molecular complexity index is 1010. The molecule has 1 aromatic rings. The third kappa shape index (κ3) is 11.0. The number of halogens is 6. The van der Waals surface area contributed by atoms with Crippen LogP contribution in [0.15, 0.2) is 24.3 Å². The van der Waals surface area contributed by atoms with E-state index in [0.29, 0.717) is 0 Å². The van der Waals surface area contributed by atoms with Gasteiger partial charge in [-0.05, 0) is 36.0 Å². The zero-order chi connectivity index (χ0) is 26.1. The number of benzene rings is 1. The van der Waals surface area contributed by atoms with Gasteiger partial charge in [0.1, 0.15) is 0 Å². The lowest BCUT2D eigenvalue weighted by Gasteiger charge is -2.08. The summed E-state index contributed by atoms with van der Waals surface area (Å²) < 4.78 is 119. The molecule has 0 saturated heterocycles. The Morgan fingerprint density at radius 1 is 0.970 bits per heavy atom. The van der Waals surface area contributed by atoms with Crippen molar-refractivity contribution in [3.8, 4) is 0 Å². The molecule has 1 aromatic carbocycles. The van der Waals surface area contributed by atoms with E-state index in [0.717, 1.165) is 23.4 Å². The first-order chi connectivity index (χ1) is 14.9. The number of alkyl halides is 6. The summed E-state index contributed by atoms with van der Waals surface area (Å²) in [6, 6.07) is 8.32. The van der Waals surface area contributed by atoms with E-state index in [9.17, 15) is 31.5 Å². The van der Waals surface area contributed by atoms with Crippen LogP contribution in [0.4, 0.5) is 26.3 Å². The molecule has 0 amide bonds. The van der Waals surface area contributed by atoms with Crippen molar-refractivity contribution in [3.05, 3.63) is 35.4 Å². The second-order valence-electron chi connectivity index (χ2n) is 5.74. The van der Waals surface area contributed by atoms with E-state index in [-0.39, 0.29) is 0 Å². The highest BCUT2D eigenvalue weighted by molar-refractivity contribution is 8.24. The maximum absolute atomic E-state index is 10.7.